The zero-order valence-electron chi connectivity index (χ0n) is 14.1. The highest BCUT2D eigenvalue weighted by Gasteiger charge is 2.25. The number of hydrogen-bond acceptors (Lipinski definition) is 5. The molecule has 23 heavy (non-hydrogen) atoms. The molecule has 6 nitrogen and oxygen atoms in total. The highest BCUT2D eigenvalue weighted by Crippen LogP contribution is 2.25. The second-order valence-corrected chi connectivity index (χ2v) is 7.63. The Kier molecular flexibility index (Phi) is 5.44. The van der Waals surface area contributed by atoms with E-state index in [0.29, 0.717) is 37.4 Å². The van der Waals surface area contributed by atoms with Crippen molar-refractivity contribution in [3.8, 4) is 0 Å². The molecule has 7 heteroatoms. The summed E-state index contributed by atoms with van der Waals surface area (Å²) in [7, 11) is -3.87. The van der Waals surface area contributed by atoms with Crippen LogP contribution in [0.25, 0.3) is 0 Å². The Morgan fingerprint density at radius 1 is 1.13 bits per heavy atom. The molecule has 1 N–H and O–H groups in total. The molecule has 2 rings (SSSR count). The number of aryl methyl sites for hydroxylation is 2. The largest absolute Gasteiger partial charge is 0.379 e. The van der Waals surface area contributed by atoms with Crippen LogP contribution in [0.3, 0.4) is 0 Å². The van der Waals surface area contributed by atoms with Gasteiger partial charge in [-0.15, -0.1) is 0 Å². The monoisotopic (exact) mass is 340 g/mol. The number of nitrogens with one attached hydrogen (secondary N) is 1. The number of carbonyl (C=O) groups is 1. The lowest BCUT2D eigenvalue weighted by atomic mass is 10.0. The van der Waals surface area contributed by atoms with Gasteiger partial charge in [0.05, 0.1) is 24.7 Å². The van der Waals surface area contributed by atoms with Crippen LogP contribution in [0.1, 0.15) is 22.3 Å². The third-order valence-corrected chi connectivity index (χ3v) is 5.93. The van der Waals surface area contributed by atoms with Gasteiger partial charge in [0.1, 0.15) is 0 Å². The highest BCUT2D eigenvalue weighted by atomic mass is 32.2. The molecule has 1 saturated heterocycles. The van der Waals surface area contributed by atoms with Crippen molar-refractivity contribution >= 4 is 15.9 Å². The van der Waals surface area contributed by atoms with Crippen LogP contribution in [-0.2, 0) is 19.6 Å². The van der Waals surface area contributed by atoms with Crippen molar-refractivity contribution < 1.29 is 17.9 Å². The van der Waals surface area contributed by atoms with Gasteiger partial charge < -0.3 is 4.74 Å². The summed E-state index contributed by atoms with van der Waals surface area (Å²) in [6.07, 6.45) is 0. The van der Waals surface area contributed by atoms with E-state index in [1.165, 1.54) is 0 Å². The molecule has 1 heterocycles. The first kappa shape index (κ1) is 17.9. The molecule has 1 fully saturated rings. The molecule has 0 unspecified atom stereocenters. The molecule has 1 amide bonds. The second-order valence-electron chi connectivity index (χ2n) is 6.01. The molecule has 1 aromatic rings. The third kappa shape index (κ3) is 4.10. The standard InChI is InChI=1S/C16H24N2O4S/c1-11-9-12(2)14(4)16(13(11)3)23(20,21)17-15(19)10-18-5-7-22-8-6-18/h9H,5-8,10H2,1-4H3,(H,17,19). The summed E-state index contributed by atoms with van der Waals surface area (Å²) in [4.78, 5) is 14.2. The molecule has 1 aromatic carbocycles. The number of morpholine rings is 1. The Bertz CT molecular complexity index is 681. The van der Waals surface area contributed by atoms with Crippen molar-refractivity contribution in [1.29, 1.82) is 0 Å². The third-order valence-electron chi connectivity index (χ3n) is 4.29. The summed E-state index contributed by atoms with van der Waals surface area (Å²) in [5.41, 5.74) is 3.16. The Hall–Kier alpha value is -1.44. The Labute approximate surface area is 137 Å². The summed E-state index contributed by atoms with van der Waals surface area (Å²) in [6.45, 7) is 9.73. The smallest absolute Gasteiger partial charge is 0.264 e. The van der Waals surface area contributed by atoms with E-state index in [1.807, 2.05) is 24.8 Å². The van der Waals surface area contributed by atoms with E-state index >= 15 is 0 Å². The number of ether oxygens (including phenoxy) is 1. The normalized spacial score (nSPS) is 16.3. The molecule has 0 aliphatic carbocycles. The topological polar surface area (TPSA) is 75.7 Å². The summed E-state index contributed by atoms with van der Waals surface area (Å²) in [5.74, 6) is -0.509. The lowest BCUT2D eigenvalue weighted by Crippen LogP contribution is -2.44. The molecular formula is C16H24N2O4S. The Morgan fingerprint density at radius 2 is 1.65 bits per heavy atom. The van der Waals surface area contributed by atoms with Crippen LogP contribution >= 0.6 is 0 Å². The quantitative estimate of drug-likeness (QED) is 0.887. The number of benzene rings is 1. The Balaban J connectivity index is 2.20. The lowest BCUT2D eigenvalue weighted by molar-refractivity contribution is -0.121. The van der Waals surface area contributed by atoms with E-state index < -0.39 is 15.9 Å². The maximum Gasteiger partial charge on any atom is 0.264 e. The SMILES string of the molecule is Cc1cc(C)c(C)c(S(=O)(=O)NC(=O)CN2CCOCC2)c1C. The molecule has 128 valence electrons. The molecule has 1 aliphatic heterocycles. The molecule has 0 saturated carbocycles. The molecule has 0 radical (unpaired) electrons. The Morgan fingerprint density at radius 3 is 2.17 bits per heavy atom. The fourth-order valence-corrected chi connectivity index (χ4v) is 4.37. The molecule has 0 spiro atoms. The van der Waals surface area contributed by atoms with Gasteiger partial charge in [-0.25, -0.2) is 13.1 Å². The van der Waals surface area contributed by atoms with Crippen molar-refractivity contribution in [2.24, 2.45) is 0 Å². The fourth-order valence-electron chi connectivity index (χ4n) is 2.78. The van der Waals surface area contributed by atoms with Crippen LogP contribution in [-0.4, -0.2) is 52.1 Å². The number of amides is 1. The van der Waals surface area contributed by atoms with Gasteiger partial charge in [0.25, 0.3) is 10.0 Å². The molecule has 1 aliphatic rings. The number of sulfonamides is 1. The van der Waals surface area contributed by atoms with E-state index in [-0.39, 0.29) is 11.4 Å². The van der Waals surface area contributed by atoms with Gasteiger partial charge in [-0.3, -0.25) is 9.69 Å². The van der Waals surface area contributed by atoms with Crippen molar-refractivity contribution in [2.75, 3.05) is 32.8 Å². The van der Waals surface area contributed by atoms with Crippen LogP contribution in [0.15, 0.2) is 11.0 Å². The number of rotatable bonds is 4. The maximum absolute atomic E-state index is 12.7. The van der Waals surface area contributed by atoms with Crippen LogP contribution in [0, 0.1) is 27.7 Å². The van der Waals surface area contributed by atoms with Crippen molar-refractivity contribution in [1.82, 2.24) is 9.62 Å². The minimum absolute atomic E-state index is 0.0610. The van der Waals surface area contributed by atoms with Gasteiger partial charge in [-0.05, 0) is 49.9 Å². The average molecular weight is 340 g/mol. The van der Waals surface area contributed by atoms with Gasteiger partial charge in [-0.2, -0.15) is 0 Å². The second kappa shape index (κ2) is 6.98. The lowest BCUT2D eigenvalue weighted by Gasteiger charge is -2.26. The van der Waals surface area contributed by atoms with Crippen molar-refractivity contribution in [2.45, 2.75) is 32.6 Å². The fraction of sp³-hybridized carbons (Fsp3) is 0.562. The minimum Gasteiger partial charge on any atom is -0.379 e. The summed E-state index contributed by atoms with van der Waals surface area (Å²) in [5, 5.41) is 0. The minimum atomic E-state index is -3.87. The average Bonchev–Trinajstić information content (AvgIpc) is 2.45. The first-order chi connectivity index (χ1) is 10.7. The number of nitrogens with zero attached hydrogens (tertiary/aromatic N) is 1. The van der Waals surface area contributed by atoms with Gasteiger partial charge in [0, 0.05) is 13.1 Å². The van der Waals surface area contributed by atoms with E-state index in [4.69, 9.17) is 4.74 Å². The maximum atomic E-state index is 12.7. The number of hydrogen-bond donors (Lipinski definition) is 1. The van der Waals surface area contributed by atoms with Crippen LogP contribution in [0.4, 0.5) is 0 Å². The first-order valence-electron chi connectivity index (χ1n) is 7.65. The van der Waals surface area contributed by atoms with Gasteiger partial charge in [0.15, 0.2) is 0 Å². The van der Waals surface area contributed by atoms with E-state index in [1.54, 1.807) is 13.8 Å². The van der Waals surface area contributed by atoms with E-state index in [0.717, 1.165) is 11.1 Å². The van der Waals surface area contributed by atoms with Crippen LogP contribution in [0.2, 0.25) is 0 Å². The zero-order valence-corrected chi connectivity index (χ0v) is 14.9. The first-order valence-corrected chi connectivity index (χ1v) is 9.14. The molecule has 0 bridgehead atoms. The van der Waals surface area contributed by atoms with Crippen molar-refractivity contribution in [3.05, 3.63) is 28.3 Å². The summed E-state index contributed by atoms with van der Waals surface area (Å²) in [6, 6.07) is 1.96. The highest BCUT2D eigenvalue weighted by molar-refractivity contribution is 7.90. The van der Waals surface area contributed by atoms with Crippen LogP contribution < -0.4 is 4.72 Å². The van der Waals surface area contributed by atoms with E-state index in [2.05, 4.69) is 4.72 Å². The molecule has 0 aromatic heterocycles. The predicted octanol–water partition coefficient (Wildman–Crippen LogP) is 1.06. The van der Waals surface area contributed by atoms with E-state index in [9.17, 15) is 13.2 Å². The zero-order chi connectivity index (χ0) is 17.2. The summed E-state index contributed by atoms with van der Waals surface area (Å²) >= 11 is 0. The van der Waals surface area contributed by atoms with Gasteiger partial charge in [0.2, 0.25) is 5.91 Å². The van der Waals surface area contributed by atoms with Crippen molar-refractivity contribution in [3.63, 3.8) is 0 Å². The predicted molar refractivity (Wildman–Crippen MR) is 88.0 cm³/mol. The number of carbonyl (C=O) groups excluding carboxylic acids is 1. The van der Waals surface area contributed by atoms with Gasteiger partial charge >= 0.3 is 0 Å². The molecular weight excluding hydrogens is 316 g/mol. The van der Waals surface area contributed by atoms with Gasteiger partial charge in [-0.1, -0.05) is 6.07 Å². The van der Waals surface area contributed by atoms with Crippen LogP contribution in [0.5, 0.6) is 0 Å². The molecule has 0 atom stereocenters. The summed E-state index contributed by atoms with van der Waals surface area (Å²) < 4.78 is 32.7.